The minimum atomic E-state index is -0.462. The Labute approximate surface area is 127 Å². The zero-order valence-corrected chi connectivity index (χ0v) is 13.4. The van der Waals surface area contributed by atoms with Crippen molar-refractivity contribution in [2.24, 2.45) is 11.7 Å². The molecule has 0 radical (unpaired) electrons. The summed E-state index contributed by atoms with van der Waals surface area (Å²) in [4.78, 5) is 13.8. The monoisotopic (exact) mass is 290 g/mol. The number of hydrogen-bond donors (Lipinski definition) is 1. The Bertz CT molecular complexity index is 508. The van der Waals surface area contributed by atoms with Crippen molar-refractivity contribution in [1.29, 1.82) is 0 Å². The highest BCUT2D eigenvalue weighted by Gasteiger charge is 2.35. The standard InChI is InChI=1S/C17H26N2O2/c1-12-6-5-7-13(8-12)9-14-10-19(11-15(14)18)16(20)21-17(2,3)4/h5-8,14-15H,9-11,18H2,1-4H3. The van der Waals surface area contributed by atoms with Crippen molar-refractivity contribution in [2.45, 2.75) is 45.8 Å². The zero-order valence-electron chi connectivity index (χ0n) is 13.4. The lowest BCUT2D eigenvalue weighted by molar-refractivity contribution is 0.0286. The molecule has 0 bridgehead atoms. The Morgan fingerprint density at radius 1 is 1.38 bits per heavy atom. The van der Waals surface area contributed by atoms with Crippen molar-refractivity contribution in [1.82, 2.24) is 4.90 Å². The van der Waals surface area contributed by atoms with Gasteiger partial charge in [-0.25, -0.2) is 4.79 Å². The number of hydrogen-bond acceptors (Lipinski definition) is 3. The number of amides is 1. The third kappa shape index (κ3) is 4.46. The lowest BCUT2D eigenvalue weighted by atomic mass is 9.95. The lowest BCUT2D eigenvalue weighted by Crippen LogP contribution is -2.36. The second kappa shape index (κ2) is 6.06. The molecule has 1 heterocycles. The van der Waals surface area contributed by atoms with Crippen LogP contribution >= 0.6 is 0 Å². The maximum Gasteiger partial charge on any atom is 0.410 e. The van der Waals surface area contributed by atoms with Gasteiger partial charge in [0, 0.05) is 19.1 Å². The van der Waals surface area contributed by atoms with Gasteiger partial charge in [0.25, 0.3) is 0 Å². The van der Waals surface area contributed by atoms with E-state index in [1.807, 2.05) is 20.8 Å². The summed E-state index contributed by atoms with van der Waals surface area (Å²) < 4.78 is 5.42. The SMILES string of the molecule is Cc1cccc(CC2CN(C(=O)OC(C)(C)C)CC2N)c1. The molecule has 1 aliphatic heterocycles. The number of nitrogens with two attached hydrogens (primary N) is 1. The average Bonchev–Trinajstić information content (AvgIpc) is 2.69. The Hall–Kier alpha value is -1.55. The van der Waals surface area contributed by atoms with Crippen LogP contribution in [0.3, 0.4) is 0 Å². The molecule has 1 aliphatic rings. The molecule has 4 nitrogen and oxygen atoms in total. The molecule has 2 atom stereocenters. The molecule has 0 aliphatic carbocycles. The minimum Gasteiger partial charge on any atom is -0.444 e. The van der Waals surface area contributed by atoms with E-state index in [1.54, 1.807) is 4.90 Å². The van der Waals surface area contributed by atoms with Crippen LogP contribution in [-0.4, -0.2) is 35.7 Å². The Morgan fingerprint density at radius 2 is 2.10 bits per heavy atom. The number of carbonyl (C=O) groups excluding carboxylic acids is 1. The van der Waals surface area contributed by atoms with Gasteiger partial charge in [-0.3, -0.25) is 0 Å². The van der Waals surface area contributed by atoms with Crippen molar-refractivity contribution in [2.75, 3.05) is 13.1 Å². The first kappa shape index (κ1) is 15.8. The first-order chi connectivity index (χ1) is 9.74. The maximum absolute atomic E-state index is 12.1. The second-order valence-corrected chi connectivity index (χ2v) is 7.00. The number of ether oxygens (including phenoxy) is 1. The van der Waals surface area contributed by atoms with Gasteiger partial charge in [-0.15, -0.1) is 0 Å². The number of benzene rings is 1. The largest absolute Gasteiger partial charge is 0.444 e. The zero-order chi connectivity index (χ0) is 15.6. The summed E-state index contributed by atoms with van der Waals surface area (Å²) in [5.74, 6) is 0.291. The second-order valence-electron chi connectivity index (χ2n) is 7.00. The highest BCUT2D eigenvalue weighted by Crippen LogP contribution is 2.22. The van der Waals surface area contributed by atoms with Crippen molar-refractivity contribution < 1.29 is 9.53 Å². The molecule has 1 aromatic carbocycles. The van der Waals surface area contributed by atoms with Crippen LogP contribution in [0.25, 0.3) is 0 Å². The summed E-state index contributed by atoms with van der Waals surface area (Å²) >= 11 is 0. The third-order valence-corrected chi connectivity index (χ3v) is 3.72. The van der Waals surface area contributed by atoms with Crippen molar-refractivity contribution in [3.63, 3.8) is 0 Å². The third-order valence-electron chi connectivity index (χ3n) is 3.72. The van der Waals surface area contributed by atoms with E-state index >= 15 is 0 Å². The van der Waals surface area contributed by atoms with Crippen molar-refractivity contribution in [3.8, 4) is 0 Å². The summed E-state index contributed by atoms with van der Waals surface area (Å²) in [6, 6.07) is 8.47. The van der Waals surface area contributed by atoms with E-state index < -0.39 is 5.60 Å². The predicted octanol–water partition coefficient (Wildman–Crippen LogP) is 2.73. The number of aryl methyl sites for hydroxylation is 1. The van der Waals surface area contributed by atoms with Crippen LogP contribution in [0, 0.1) is 12.8 Å². The molecule has 2 rings (SSSR count). The van der Waals surface area contributed by atoms with Crippen LogP contribution in [0.5, 0.6) is 0 Å². The molecule has 116 valence electrons. The minimum absolute atomic E-state index is 0.0121. The lowest BCUT2D eigenvalue weighted by Gasteiger charge is -2.24. The van der Waals surface area contributed by atoms with Crippen LogP contribution in [0.1, 0.15) is 31.9 Å². The van der Waals surface area contributed by atoms with Crippen LogP contribution in [0.4, 0.5) is 4.79 Å². The smallest absolute Gasteiger partial charge is 0.410 e. The van der Waals surface area contributed by atoms with Gasteiger partial charge in [0.15, 0.2) is 0 Å². The molecule has 4 heteroatoms. The predicted molar refractivity (Wildman–Crippen MR) is 84.2 cm³/mol. The first-order valence-corrected chi connectivity index (χ1v) is 7.53. The quantitative estimate of drug-likeness (QED) is 0.911. The number of likely N-dealkylation sites (tertiary alicyclic amines) is 1. The van der Waals surface area contributed by atoms with E-state index in [9.17, 15) is 4.79 Å². The summed E-state index contributed by atoms with van der Waals surface area (Å²) in [5.41, 5.74) is 8.28. The highest BCUT2D eigenvalue weighted by atomic mass is 16.6. The summed E-state index contributed by atoms with van der Waals surface area (Å²) in [6.07, 6.45) is 0.645. The average molecular weight is 290 g/mol. The number of nitrogens with zero attached hydrogens (tertiary/aromatic N) is 1. The van der Waals surface area contributed by atoms with E-state index in [4.69, 9.17) is 10.5 Å². The molecule has 21 heavy (non-hydrogen) atoms. The van der Waals surface area contributed by atoms with E-state index in [0.29, 0.717) is 19.0 Å². The van der Waals surface area contributed by atoms with E-state index in [2.05, 4.69) is 31.2 Å². The van der Waals surface area contributed by atoms with Gasteiger partial charge in [0.05, 0.1) is 0 Å². The summed E-state index contributed by atoms with van der Waals surface area (Å²) in [5, 5.41) is 0. The van der Waals surface area contributed by atoms with Gasteiger partial charge in [-0.2, -0.15) is 0 Å². The Kier molecular flexibility index (Phi) is 4.57. The molecule has 0 aromatic heterocycles. The van der Waals surface area contributed by atoms with Gasteiger partial charge in [0.1, 0.15) is 5.60 Å². The topological polar surface area (TPSA) is 55.6 Å². The fourth-order valence-corrected chi connectivity index (χ4v) is 2.73. The Morgan fingerprint density at radius 3 is 2.71 bits per heavy atom. The van der Waals surface area contributed by atoms with Gasteiger partial charge in [0.2, 0.25) is 0 Å². The normalized spacial score (nSPS) is 22.4. The molecule has 0 saturated carbocycles. The van der Waals surface area contributed by atoms with Crippen LogP contribution in [-0.2, 0) is 11.2 Å². The van der Waals surface area contributed by atoms with E-state index in [0.717, 1.165) is 6.42 Å². The van der Waals surface area contributed by atoms with Gasteiger partial charge in [-0.05, 0) is 45.6 Å². The van der Waals surface area contributed by atoms with Crippen LogP contribution in [0.2, 0.25) is 0 Å². The molecule has 0 spiro atoms. The molecule has 1 aromatic rings. The highest BCUT2D eigenvalue weighted by molar-refractivity contribution is 5.68. The van der Waals surface area contributed by atoms with Crippen molar-refractivity contribution in [3.05, 3.63) is 35.4 Å². The van der Waals surface area contributed by atoms with E-state index in [-0.39, 0.29) is 12.1 Å². The first-order valence-electron chi connectivity index (χ1n) is 7.53. The fourth-order valence-electron chi connectivity index (χ4n) is 2.73. The van der Waals surface area contributed by atoms with E-state index in [1.165, 1.54) is 11.1 Å². The fraction of sp³-hybridized carbons (Fsp3) is 0.588. The molecule has 1 saturated heterocycles. The molecular weight excluding hydrogens is 264 g/mol. The maximum atomic E-state index is 12.1. The van der Waals surface area contributed by atoms with Gasteiger partial charge >= 0.3 is 6.09 Å². The van der Waals surface area contributed by atoms with Crippen molar-refractivity contribution >= 4 is 6.09 Å². The molecular formula is C17H26N2O2. The van der Waals surface area contributed by atoms with Crippen LogP contribution in [0.15, 0.2) is 24.3 Å². The molecule has 2 N–H and O–H groups in total. The molecule has 1 fully saturated rings. The van der Waals surface area contributed by atoms with Gasteiger partial charge < -0.3 is 15.4 Å². The van der Waals surface area contributed by atoms with Crippen LogP contribution < -0.4 is 5.73 Å². The summed E-state index contributed by atoms with van der Waals surface area (Å²) in [7, 11) is 0. The Balaban J connectivity index is 1.96. The number of rotatable bonds is 2. The molecule has 1 amide bonds. The number of carbonyl (C=O) groups is 1. The molecule has 2 unspecified atom stereocenters. The van der Waals surface area contributed by atoms with Gasteiger partial charge in [-0.1, -0.05) is 29.8 Å². The summed E-state index contributed by atoms with van der Waals surface area (Å²) in [6.45, 7) is 8.97.